The van der Waals surface area contributed by atoms with Crippen molar-refractivity contribution in [2.24, 2.45) is 0 Å². The molecule has 8 nitrogen and oxygen atoms in total. The van der Waals surface area contributed by atoms with Crippen LogP contribution in [0.15, 0.2) is 40.5 Å². The van der Waals surface area contributed by atoms with Gasteiger partial charge in [-0.05, 0) is 44.5 Å². The zero-order chi connectivity index (χ0) is 22.4. The van der Waals surface area contributed by atoms with Crippen LogP contribution in [0.1, 0.15) is 34.5 Å². The van der Waals surface area contributed by atoms with Crippen LogP contribution in [0.4, 0.5) is 0 Å². The summed E-state index contributed by atoms with van der Waals surface area (Å²) < 4.78 is 7.57. The lowest BCUT2D eigenvalue weighted by atomic mass is 10.0. The topological polar surface area (TPSA) is 92.5 Å². The van der Waals surface area contributed by atoms with Gasteiger partial charge < -0.3 is 19.3 Å². The molecule has 4 rings (SSSR count). The number of hydrogen-bond acceptors (Lipinski definition) is 5. The van der Waals surface area contributed by atoms with E-state index in [0.717, 1.165) is 10.5 Å². The van der Waals surface area contributed by atoms with E-state index in [-0.39, 0.29) is 11.3 Å². The molecule has 31 heavy (non-hydrogen) atoms. The van der Waals surface area contributed by atoms with Gasteiger partial charge in [0.2, 0.25) is 0 Å². The predicted molar refractivity (Wildman–Crippen MR) is 115 cm³/mol. The standard InChI is InChI=1S/C23H26N4O4/c1-13-7-6-10-26-18(15(3)24-22(13)26)20(28)17-19(16-9-8-14(2)31-16)27(12-11-25(4)5)23(30)21(17)29/h6-10,19,28H,11-12H2,1-5H3/p+1/t19-/m0/s1. The van der Waals surface area contributed by atoms with Gasteiger partial charge in [0.05, 0.1) is 38.5 Å². The summed E-state index contributed by atoms with van der Waals surface area (Å²) in [7, 11) is 3.96. The third-order valence-electron chi connectivity index (χ3n) is 5.67. The maximum absolute atomic E-state index is 13.1. The van der Waals surface area contributed by atoms with E-state index in [9.17, 15) is 14.7 Å². The van der Waals surface area contributed by atoms with Gasteiger partial charge in [0.25, 0.3) is 11.7 Å². The number of carbonyl (C=O) groups excluding carboxylic acids is 2. The molecule has 1 atom stereocenters. The van der Waals surface area contributed by atoms with Crippen molar-refractivity contribution >= 4 is 23.1 Å². The van der Waals surface area contributed by atoms with Crippen LogP contribution in [-0.2, 0) is 9.59 Å². The fourth-order valence-corrected chi connectivity index (χ4v) is 4.08. The molecule has 0 aliphatic carbocycles. The Hall–Kier alpha value is -3.39. The Morgan fingerprint density at radius 1 is 1.19 bits per heavy atom. The maximum atomic E-state index is 13.1. The number of hydrogen-bond donors (Lipinski definition) is 2. The van der Waals surface area contributed by atoms with E-state index < -0.39 is 17.7 Å². The van der Waals surface area contributed by atoms with E-state index in [1.807, 2.05) is 33.2 Å². The van der Waals surface area contributed by atoms with Gasteiger partial charge >= 0.3 is 0 Å². The Balaban J connectivity index is 1.93. The zero-order valence-corrected chi connectivity index (χ0v) is 18.4. The minimum Gasteiger partial charge on any atom is -0.505 e. The van der Waals surface area contributed by atoms with Gasteiger partial charge in [-0.1, -0.05) is 6.07 Å². The average Bonchev–Trinajstić information content (AvgIpc) is 3.35. The summed E-state index contributed by atoms with van der Waals surface area (Å²) in [4.78, 5) is 33.3. The van der Waals surface area contributed by atoms with E-state index >= 15 is 0 Å². The van der Waals surface area contributed by atoms with Crippen LogP contribution < -0.4 is 4.90 Å². The third kappa shape index (κ3) is 3.42. The number of imidazole rings is 1. The lowest BCUT2D eigenvalue weighted by Gasteiger charge is -2.23. The number of quaternary nitrogens is 1. The van der Waals surface area contributed by atoms with Crippen LogP contribution in [0.2, 0.25) is 0 Å². The number of fused-ring (bicyclic) bond motifs is 1. The van der Waals surface area contributed by atoms with Crippen molar-refractivity contribution in [3.8, 4) is 0 Å². The molecule has 3 aromatic rings. The second-order valence-electron chi connectivity index (χ2n) is 8.33. The molecule has 0 spiro atoms. The van der Waals surface area contributed by atoms with Gasteiger partial charge in [-0.3, -0.25) is 14.0 Å². The first-order chi connectivity index (χ1) is 14.7. The molecular weight excluding hydrogens is 396 g/mol. The molecule has 1 fully saturated rings. The zero-order valence-electron chi connectivity index (χ0n) is 18.4. The van der Waals surface area contributed by atoms with Gasteiger partial charge in [-0.2, -0.15) is 0 Å². The van der Waals surface area contributed by atoms with Crippen molar-refractivity contribution in [3.05, 3.63) is 64.5 Å². The first kappa shape index (κ1) is 20.9. The number of pyridine rings is 1. The third-order valence-corrected chi connectivity index (χ3v) is 5.67. The number of Topliss-reactive ketones (excluding diaryl/α,β-unsaturated/α-hetero) is 1. The normalized spacial score (nSPS) is 18.6. The number of furan rings is 1. The first-order valence-corrected chi connectivity index (χ1v) is 10.3. The van der Waals surface area contributed by atoms with Crippen LogP contribution in [0, 0.1) is 20.8 Å². The van der Waals surface area contributed by atoms with Crippen molar-refractivity contribution in [2.75, 3.05) is 27.2 Å². The van der Waals surface area contributed by atoms with E-state index in [1.54, 1.807) is 36.6 Å². The lowest BCUT2D eigenvalue weighted by molar-refractivity contribution is -0.857. The fourth-order valence-electron chi connectivity index (χ4n) is 4.08. The summed E-state index contributed by atoms with van der Waals surface area (Å²) in [6.07, 6.45) is 1.79. The minimum absolute atomic E-state index is 0.0273. The maximum Gasteiger partial charge on any atom is 0.295 e. The molecule has 1 saturated heterocycles. The summed E-state index contributed by atoms with van der Waals surface area (Å²) in [6, 6.07) is 6.53. The van der Waals surface area contributed by atoms with E-state index in [4.69, 9.17) is 4.42 Å². The highest BCUT2D eigenvalue weighted by molar-refractivity contribution is 6.46. The van der Waals surface area contributed by atoms with Crippen molar-refractivity contribution in [3.63, 3.8) is 0 Å². The Morgan fingerprint density at radius 2 is 1.94 bits per heavy atom. The number of aryl methyl sites for hydroxylation is 3. The first-order valence-electron chi connectivity index (χ1n) is 10.3. The van der Waals surface area contributed by atoms with Crippen molar-refractivity contribution in [2.45, 2.75) is 26.8 Å². The number of amides is 1. The number of aromatic nitrogens is 2. The van der Waals surface area contributed by atoms with Crippen LogP contribution in [0.5, 0.6) is 0 Å². The molecule has 162 valence electrons. The molecule has 3 aromatic heterocycles. The molecule has 0 aromatic carbocycles. The van der Waals surface area contributed by atoms with E-state index in [0.29, 0.717) is 41.6 Å². The highest BCUT2D eigenvalue weighted by Gasteiger charge is 2.48. The number of likely N-dealkylation sites (tertiary alicyclic amines) is 1. The molecular formula is C23H27N4O4+. The summed E-state index contributed by atoms with van der Waals surface area (Å²) in [5.74, 6) is -0.473. The Kier molecular flexibility index (Phi) is 5.18. The number of rotatable bonds is 5. The molecule has 1 amide bonds. The van der Waals surface area contributed by atoms with Crippen molar-refractivity contribution in [1.29, 1.82) is 0 Å². The molecule has 1 aliphatic heterocycles. The molecule has 8 heteroatoms. The monoisotopic (exact) mass is 423 g/mol. The molecule has 1 aliphatic rings. The quantitative estimate of drug-likeness (QED) is 0.368. The Labute approximate surface area is 180 Å². The molecule has 2 N–H and O–H groups in total. The van der Waals surface area contributed by atoms with Crippen LogP contribution >= 0.6 is 0 Å². The van der Waals surface area contributed by atoms with Gasteiger partial charge in [0.1, 0.15) is 28.9 Å². The second-order valence-corrected chi connectivity index (χ2v) is 8.33. The van der Waals surface area contributed by atoms with E-state index in [2.05, 4.69) is 4.98 Å². The van der Waals surface area contributed by atoms with Gasteiger partial charge in [0.15, 0.2) is 5.76 Å². The SMILES string of the molecule is Cc1ccc([C@H]2C(=C(O)c3c(C)nc4c(C)cccn34)C(=O)C(=O)N2CC[NH+](C)C)o1. The largest absolute Gasteiger partial charge is 0.505 e. The number of nitrogens with one attached hydrogen (secondary N) is 1. The number of likely N-dealkylation sites (N-methyl/N-ethyl adjacent to an activating group) is 1. The summed E-state index contributed by atoms with van der Waals surface area (Å²) in [5, 5.41) is 11.4. The number of aliphatic hydroxyl groups is 1. The second kappa shape index (κ2) is 7.70. The highest BCUT2D eigenvalue weighted by Crippen LogP contribution is 2.40. The molecule has 0 bridgehead atoms. The number of ketones is 1. The molecule has 4 heterocycles. The summed E-state index contributed by atoms with van der Waals surface area (Å²) in [6.45, 7) is 6.52. The molecule has 0 saturated carbocycles. The number of carbonyl (C=O) groups is 2. The average molecular weight is 423 g/mol. The Bertz CT molecular complexity index is 1220. The predicted octanol–water partition coefficient (Wildman–Crippen LogP) is 1.42. The molecule has 0 unspecified atom stereocenters. The fraction of sp³-hybridized carbons (Fsp3) is 0.348. The van der Waals surface area contributed by atoms with Crippen molar-refractivity contribution in [1.82, 2.24) is 14.3 Å². The van der Waals surface area contributed by atoms with Gasteiger partial charge in [0, 0.05) is 6.20 Å². The van der Waals surface area contributed by atoms with E-state index in [1.165, 1.54) is 4.90 Å². The minimum atomic E-state index is -0.789. The smallest absolute Gasteiger partial charge is 0.295 e. The number of nitrogens with zero attached hydrogens (tertiary/aromatic N) is 3. The van der Waals surface area contributed by atoms with Crippen LogP contribution in [0.25, 0.3) is 11.4 Å². The highest BCUT2D eigenvalue weighted by atomic mass is 16.3. The van der Waals surface area contributed by atoms with Gasteiger partial charge in [-0.15, -0.1) is 0 Å². The van der Waals surface area contributed by atoms with Gasteiger partial charge in [-0.25, -0.2) is 4.98 Å². The van der Waals surface area contributed by atoms with Crippen molar-refractivity contribution < 1.29 is 24.0 Å². The molecule has 0 radical (unpaired) electrons. The Morgan fingerprint density at radius 3 is 2.58 bits per heavy atom. The summed E-state index contributed by atoms with van der Waals surface area (Å²) in [5.41, 5.74) is 2.64. The number of aliphatic hydroxyl groups excluding tert-OH is 1. The summed E-state index contributed by atoms with van der Waals surface area (Å²) >= 11 is 0. The van der Waals surface area contributed by atoms with Crippen LogP contribution in [-0.4, -0.2) is 58.3 Å². The lowest BCUT2D eigenvalue weighted by Crippen LogP contribution is -3.06. The van der Waals surface area contributed by atoms with Crippen LogP contribution in [0.3, 0.4) is 0 Å².